The Morgan fingerprint density at radius 1 is 1.21 bits per heavy atom. The summed E-state index contributed by atoms with van der Waals surface area (Å²) >= 11 is 0. The van der Waals surface area contributed by atoms with Crippen molar-refractivity contribution in [3.8, 4) is 0 Å². The average molecular weight is 386 g/mol. The molecule has 2 fully saturated rings. The van der Waals surface area contributed by atoms with Crippen molar-refractivity contribution in [1.82, 2.24) is 15.1 Å². The van der Waals surface area contributed by atoms with Crippen LogP contribution in [0.2, 0.25) is 0 Å². The van der Waals surface area contributed by atoms with Crippen molar-refractivity contribution < 1.29 is 14.4 Å². The van der Waals surface area contributed by atoms with Crippen LogP contribution >= 0.6 is 0 Å². The highest BCUT2D eigenvalue weighted by molar-refractivity contribution is 5.90. The lowest BCUT2D eigenvalue weighted by Gasteiger charge is -2.33. The van der Waals surface area contributed by atoms with Gasteiger partial charge in [-0.15, -0.1) is 0 Å². The van der Waals surface area contributed by atoms with E-state index in [1.165, 1.54) is 0 Å². The molecule has 2 aliphatic rings. The smallest absolute Gasteiger partial charge is 0.228 e. The quantitative estimate of drug-likeness (QED) is 0.760. The molecule has 7 nitrogen and oxygen atoms in total. The second-order valence-electron chi connectivity index (χ2n) is 7.74. The van der Waals surface area contributed by atoms with E-state index in [2.05, 4.69) is 5.32 Å². The van der Waals surface area contributed by atoms with Crippen LogP contribution < -0.4 is 11.1 Å². The third-order valence-electron chi connectivity index (χ3n) is 5.80. The number of benzene rings is 1. The van der Waals surface area contributed by atoms with Gasteiger partial charge in [0.2, 0.25) is 17.7 Å². The number of likely N-dealkylation sites (tertiary alicyclic amines) is 2. The molecule has 0 aliphatic carbocycles. The summed E-state index contributed by atoms with van der Waals surface area (Å²) in [5.74, 6) is -0.550. The van der Waals surface area contributed by atoms with Crippen LogP contribution in [0.15, 0.2) is 30.3 Å². The first-order valence-electron chi connectivity index (χ1n) is 10.1. The predicted molar refractivity (Wildman–Crippen MR) is 106 cm³/mol. The molecule has 0 aromatic heterocycles. The van der Waals surface area contributed by atoms with Gasteiger partial charge in [-0.25, -0.2) is 0 Å². The molecule has 3 unspecified atom stereocenters. The van der Waals surface area contributed by atoms with E-state index in [-0.39, 0.29) is 42.0 Å². The van der Waals surface area contributed by atoms with Gasteiger partial charge in [-0.1, -0.05) is 30.3 Å². The normalized spacial score (nSPS) is 23.6. The fraction of sp³-hybridized carbons (Fsp3) is 0.571. The predicted octanol–water partition coefficient (Wildman–Crippen LogP) is 0.910. The van der Waals surface area contributed by atoms with Gasteiger partial charge in [0.15, 0.2) is 0 Å². The third-order valence-corrected chi connectivity index (χ3v) is 5.80. The topological polar surface area (TPSA) is 95.7 Å². The van der Waals surface area contributed by atoms with E-state index in [4.69, 9.17) is 5.73 Å². The first-order chi connectivity index (χ1) is 13.5. The lowest BCUT2D eigenvalue weighted by Crippen LogP contribution is -2.48. The van der Waals surface area contributed by atoms with Gasteiger partial charge in [0.1, 0.15) is 0 Å². The van der Waals surface area contributed by atoms with Crippen molar-refractivity contribution >= 4 is 17.7 Å². The Balaban J connectivity index is 1.60. The van der Waals surface area contributed by atoms with Crippen molar-refractivity contribution in [3.63, 3.8) is 0 Å². The number of hydrogen-bond acceptors (Lipinski definition) is 4. The molecule has 3 rings (SSSR count). The molecule has 152 valence electrons. The molecule has 0 bridgehead atoms. The van der Waals surface area contributed by atoms with Crippen LogP contribution in [-0.4, -0.2) is 60.2 Å². The molecule has 2 heterocycles. The molecule has 3 atom stereocenters. The lowest BCUT2D eigenvalue weighted by molar-refractivity contribution is -0.139. The maximum absolute atomic E-state index is 13.0. The number of nitrogens with one attached hydrogen (secondary N) is 1. The first kappa shape index (κ1) is 20.3. The summed E-state index contributed by atoms with van der Waals surface area (Å²) in [7, 11) is 0. The van der Waals surface area contributed by atoms with Gasteiger partial charge in [-0.05, 0) is 25.3 Å². The number of nitrogens with two attached hydrogens (primary N) is 1. The zero-order valence-electron chi connectivity index (χ0n) is 16.5. The Hall–Kier alpha value is -2.41. The SMILES string of the molecule is CC(c1ccccc1)N1CC(C(=O)N2CCCC(C(=O)NCCN)C2)CC1=O. The summed E-state index contributed by atoms with van der Waals surface area (Å²) in [5.41, 5.74) is 6.51. The summed E-state index contributed by atoms with van der Waals surface area (Å²) < 4.78 is 0. The molecule has 0 radical (unpaired) electrons. The summed E-state index contributed by atoms with van der Waals surface area (Å²) in [6.07, 6.45) is 1.83. The maximum atomic E-state index is 13.0. The van der Waals surface area contributed by atoms with E-state index in [1.807, 2.05) is 37.3 Å². The molecular weight excluding hydrogens is 356 g/mol. The van der Waals surface area contributed by atoms with Gasteiger partial charge < -0.3 is 20.9 Å². The molecule has 1 aromatic carbocycles. The van der Waals surface area contributed by atoms with E-state index >= 15 is 0 Å². The highest BCUT2D eigenvalue weighted by Crippen LogP contribution is 2.30. The van der Waals surface area contributed by atoms with Gasteiger partial charge in [-0.3, -0.25) is 14.4 Å². The number of nitrogens with zero attached hydrogens (tertiary/aromatic N) is 2. The van der Waals surface area contributed by atoms with E-state index in [1.54, 1.807) is 9.80 Å². The second-order valence-corrected chi connectivity index (χ2v) is 7.74. The van der Waals surface area contributed by atoms with Gasteiger partial charge in [0, 0.05) is 39.1 Å². The van der Waals surface area contributed by atoms with E-state index < -0.39 is 0 Å². The van der Waals surface area contributed by atoms with E-state index in [0.717, 1.165) is 18.4 Å². The fourth-order valence-corrected chi connectivity index (χ4v) is 4.17. The minimum atomic E-state index is -0.329. The minimum absolute atomic E-state index is 0.00700. The molecule has 2 aliphatic heterocycles. The molecule has 2 saturated heterocycles. The number of rotatable bonds is 6. The summed E-state index contributed by atoms with van der Waals surface area (Å²) in [5, 5.41) is 2.81. The van der Waals surface area contributed by atoms with Crippen LogP contribution in [0.4, 0.5) is 0 Å². The summed E-state index contributed by atoms with van der Waals surface area (Å²) in [4.78, 5) is 41.4. The number of amides is 3. The monoisotopic (exact) mass is 386 g/mol. The molecular formula is C21H30N4O3. The average Bonchev–Trinajstić information content (AvgIpc) is 3.13. The number of carbonyl (C=O) groups excluding carboxylic acids is 3. The summed E-state index contributed by atoms with van der Waals surface area (Å²) in [6, 6.07) is 9.81. The van der Waals surface area contributed by atoms with Gasteiger partial charge in [0.25, 0.3) is 0 Å². The van der Waals surface area contributed by atoms with Crippen LogP contribution in [-0.2, 0) is 14.4 Å². The van der Waals surface area contributed by atoms with Crippen molar-refractivity contribution in [2.45, 2.75) is 32.2 Å². The van der Waals surface area contributed by atoms with Crippen molar-refractivity contribution in [1.29, 1.82) is 0 Å². The largest absolute Gasteiger partial charge is 0.355 e. The van der Waals surface area contributed by atoms with E-state index in [9.17, 15) is 14.4 Å². The number of carbonyl (C=O) groups is 3. The fourth-order valence-electron chi connectivity index (χ4n) is 4.17. The van der Waals surface area contributed by atoms with Gasteiger partial charge in [0.05, 0.1) is 17.9 Å². The van der Waals surface area contributed by atoms with Gasteiger partial charge in [-0.2, -0.15) is 0 Å². The molecule has 0 saturated carbocycles. The minimum Gasteiger partial charge on any atom is -0.355 e. The van der Waals surface area contributed by atoms with Crippen molar-refractivity contribution in [2.75, 3.05) is 32.7 Å². The zero-order chi connectivity index (χ0) is 20.1. The molecule has 3 amide bonds. The van der Waals surface area contributed by atoms with E-state index in [0.29, 0.717) is 32.7 Å². The Morgan fingerprint density at radius 2 is 1.96 bits per heavy atom. The highest BCUT2D eigenvalue weighted by atomic mass is 16.2. The summed E-state index contributed by atoms with van der Waals surface area (Å²) in [6.45, 7) is 4.37. The van der Waals surface area contributed by atoms with Crippen molar-refractivity contribution in [3.05, 3.63) is 35.9 Å². The Bertz CT molecular complexity index is 709. The van der Waals surface area contributed by atoms with Crippen LogP contribution in [0.3, 0.4) is 0 Å². The maximum Gasteiger partial charge on any atom is 0.228 e. The molecule has 1 aromatic rings. The van der Waals surface area contributed by atoms with Crippen LogP contribution in [0.1, 0.15) is 37.8 Å². The molecule has 0 spiro atoms. The standard InChI is InChI=1S/C21H30N4O3/c1-15(16-6-3-2-4-7-16)25-14-18(12-19(25)26)21(28)24-11-5-8-17(13-24)20(27)23-10-9-22/h2-4,6-7,15,17-18H,5,8-14,22H2,1H3,(H,23,27). The van der Waals surface area contributed by atoms with Crippen LogP contribution in [0.25, 0.3) is 0 Å². The highest BCUT2D eigenvalue weighted by Gasteiger charge is 2.40. The van der Waals surface area contributed by atoms with Crippen molar-refractivity contribution in [2.24, 2.45) is 17.6 Å². The molecule has 7 heteroatoms. The number of piperidine rings is 1. The Morgan fingerprint density at radius 3 is 2.68 bits per heavy atom. The molecule has 28 heavy (non-hydrogen) atoms. The van der Waals surface area contributed by atoms with Crippen LogP contribution in [0, 0.1) is 11.8 Å². The molecule has 3 N–H and O–H groups in total. The lowest BCUT2D eigenvalue weighted by atomic mass is 9.95. The second kappa shape index (κ2) is 9.19. The third kappa shape index (κ3) is 4.52. The number of hydrogen-bond donors (Lipinski definition) is 2. The first-order valence-corrected chi connectivity index (χ1v) is 10.1. The Kier molecular flexibility index (Phi) is 6.67. The zero-order valence-corrected chi connectivity index (χ0v) is 16.5. The Labute approximate surface area is 166 Å². The van der Waals surface area contributed by atoms with Crippen LogP contribution in [0.5, 0.6) is 0 Å². The van der Waals surface area contributed by atoms with Gasteiger partial charge >= 0.3 is 0 Å².